The lowest BCUT2D eigenvalue weighted by molar-refractivity contribution is 0.0944. The topological polar surface area (TPSA) is 56.1 Å². The van der Waals surface area contributed by atoms with E-state index in [1.807, 2.05) is 36.0 Å². The lowest BCUT2D eigenvalue weighted by Gasteiger charge is -2.05. The van der Waals surface area contributed by atoms with Gasteiger partial charge in [-0.15, -0.1) is 0 Å². The molecule has 0 aliphatic heterocycles. The van der Waals surface area contributed by atoms with Crippen molar-refractivity contribution in [3.63, 3.8) is 0 Å². The van der Waals surface area contributed by atoms with Crippen LogP contribution in [0.2, 0.25) is 0 Å². The Morgan fingerprint density at radius 2 is 2.10 bits per heavy atom. The molecule has 1 aliphatic rings. The van der Waals surface area contributed by atoms with E-state index in [1.165, 1.54) is 5.69 Å². The molecule has 1 amide bonds. The molecule has 1 heterocycles. The number of hydrogen-bond donors (Lipinski definition) is 1. The third kappa shape index (κ3) is 2.63. The van der Waals surface area contributed by atoms with Crippen LogP contribution in [0.3, 0.4) is 0 Å². The number of fused-ring (bicyclic) bond motifs is 1. The summed E-state index contributed by atoms with van der Waals surface area (Å²) in [6.07, 6.45) is 3.08. The Labute approximate surface area is 123 Å². The Balaban J connectivity index is 1.68. The molecule has 5 nitrogen and oxygen atoms in total. The zero-order valence-corrected chi connectivity index (χ0v) is 12.3. The number of ether oxygens (including phenoxy) is 1. The minimum atomic E-state index is -0.0930. The van der Waals surface area contributed by atoms with E-state index in [9.17, 15) is 4.79 Å². The van der Waals surface area contributed by atoms with E-state index >= 15 is 0 Å². The summed E-state index contributed by atoms with van der Waals surface area (Å²) in [7, 11) is 3.54. The van der Waals surface area contributed by atoms with Gasteiger partial charge in [-0.05, 0) is 37.0 Å². The van der Waals surface area contributed by atoms with Crippen molar-refractivity contribution in [2.75, 3.05) is 7.11 Å². The van der Waals surface area contributed by atoms with Crippen molar-refractivity contribution in [3.8, 4) is 5.75 Å². The van der Waals surface area contributed by atoms with Gasteiger partial charge < -0.3 is 10.1 Å². The first kappa shape index (κ1) is 13.7. The molecule has 2 aromatic rings. The van der Waals surface area contributed by atoms with Crippen LogP contribution in [-0.4, -0.2) is 22.8 Å². The standard InChI is InChI=1S/C16H19N3O2/c1-19-14-5-3-4-13(14)15(18-19)16(20)17-10-11-6-8-12(21-2)9-7-11/h6-9H,3-5,10H2,1-2H3,(H,17,20). The summed E-state index contributed by atoms with van der Waals surface area (Å²) in [5.74, 6) is 0.720. The largest absolute Gasteiger partial charge is 0.497 e. The number of carbonyl (C=O) groups excluding carboxylic acids is 1. The molecule has 0 unspecified atom stereocenters. The molecular weight excluding hydrogens is 266 g/mol. The second-order valence-electron chi connectivity index (χ2n) is 5.28. The number of aromatic nitrogens is 2. The number of aryl methyl sites for hydroxylation is 1. The molecule has 0 saturated heterocycles. The van der Waals surface area contributed by atoms with Crippen LogP contribution >= 0.6 is 0 Å². The Morgan fingerprint density at radius 3 is 2.81 bits per heavy atom. The highest BCUT2D eigenvalue weighted by Crippen LogP contribution is 2.24. The van der Waals surface area contributed by atoms with Crippen LogP contribution in [0.1, 0.15) is 33.7 Å². The summed E-state index contributed by atoms with van der Waals surface area (Å²) >= 11 is 0. The highest BCUT2D eigenvalue weighted by Gasteiger charge is 2.24. The zero-order chi connectivity index (χ0) is 14.8. The van der Waals surface area contributed by atoms with Crippen LogP contribution in [-0.2, 0) is 26.4 Å². The van der Waals surface area contributed by atoms with Crippen molar-refractivity contribution in [1.29, 1.82) is 0 Å². The first-order valence-corrected chi connectivity index (χ1v) is 7.15. The van der Waals surface area contributed by atoms with E-state index in [-0.39, 0.29) is 5.91 Å². The first-order valence-electron chi connectivity index (χ1n) is 7.15. The lowest BCUT2D eigenvalue weighted by Crippen LogP contribution is -2.24. The summed E-state index contributed by atoms with van der Waals surface area (Å²) in [6.45, 7) is 0.494. The first-order chi connectivity index (χ1) is 10.2. The van der Waals surface area contributed by atoms with Crippen molar-refractivity contribution < 1.29 is 9.53 Å². The average Bonchev–Trinajstić information content (AvgIpc) is 3.10. The highest BCUT2D eigenvalue weighted by molar-refractivity contribution is 5.94. The predicted octanol–water partition coefficient (Wildman–Crippen LogP) is 1.85. The van der Waals surface area contributed by atoms with Gasteiger partial charge in [0.05, 0.1) is 7.11 Å². The van der Waals surface area contributed by atoms with E-state index in [1.54, 1.807) is 7.11 Å². The van der Waals surface area contributed by atoms with Gasteiger partial charge in [0.25, 0.3) is 5.91 Å². The van der Waals surface area contributed by atoms with Gasteiger partial charge in [0.1, 0.15) is 5.75 Å². The predicted molar refractivity (Wildman–Crippen MR) is 79.4 cm³/mol. The number of amides is 1. The van der Waals surface area contributed by atoms with E-state index in [4.69, 9.17) is 4.74 Å². The maximum atomic E-state index is 12.3. The Morgan fingerprint density at radius 1 is 1.33 bits per heavy atom. The van der Waals surface area contributed by atoms with Crippen LogP contribution in [0, 0.1) is 0 Å². The molecule has 0 spiro atoms. The Bertz CT molecular complexity index is 659. The zero-order valence-electron chi connectivity index (χ0n) is 12.3. The molecule has 3 rings (SSSR count). The molecule has 110 valence electrons. The number of nitrogens with zero attached hydrogens (tertiary/aromatic N) is 2. The number of carbonyl (C=O) groups is 1. The summed E-state index contributed by atoms with van der Waals surface area (Å²) in [6, 6.07) is 7.67. The molecule has 1 aromatic carbocycles. The van der Waals surface area contributed by atoms with E-state index < -0.39 is 0 Å². The van der Waals surface area contributed by atoms with Crippen LogP contribution in [0.5, 0.6) is 5.75 Å². The third-order valence-corrected chi connectivity index (χ3v) is 3.94. The van der Waals surface area contributed by atoms with Crippen molar-refractivity contribution >= 4 is 5.91 Å². The molecule has 0 radical (unpaired) electrons. The molecular formula is C16H19N3O2. The summed E-state index contributed by atoms with van der Waals surface area (Å²) in [5.41, 5.74) is 3.93. The second-order valence-corrected chi connectivity index (χ2v) is 5.28. The van der Waals surface area contributed by atoms with Crippen molar-refractivity contribution in [1.82, 2.24) is 15.1 Å². The van der Waals surface area contributed by atoms with Gasteiger partial charge in [-0.25, -0.2) is 0 Å². The molecule has 1 N–H and O–H groups in total. The highest BCUT2D eigenvalue weighted by atomic mass is 16.5. The molecule has 5 heteroatoms. The quantitative estimate of drug-likeness (QED) is 0.932. The molecule has 1 aromatic heterocycles. The van der Waals surface area contributed by atoms with Gasteiger partial charge >= 0.3 is 0 Å². The van der Waals surface area contributed by atoms with Gasteiger partial charge in [0.2, 0.25) is 0 Å². The van der Waals surface area contributed by atoms with Gasteiger partial charge in [0, 0.05) is 24.8 Å². The maximum Gasteiger partial charge on any atom is 0.272 e. The summed E-state index contributed by atoms with van der Waals surface area (Å²) in [5, 5.41) is 7.30. The lowest BCUT2D eigenvalue weighted by atomic mass is 10.2. The number of rotatable bonds is 4. The minimum Gasteiger partial charge on any atom is -0.497 e. The second kappa shape index (κ2) is 5.60. The van der Waals surface area contributed by atoms with Crippen molar-refractivity contribution in [2.24, 2.45) is 7.05 Å². The number of hydrogen-bond acceptors (Lipinski definition) is 3. The average molecular weight is 285 g/mol. The Hall–Kier alpha value is -2.30. The molecule has 0 saturated carbocycles. The monoisotopic (exact) mass is 285 g/mol. The van der Waals surface area contributed by atoms with Gasteiger partial charge in [-0.1, -0.05) is 12.1 Å². The van der Waals surface area contributed by atoms with Crippen molar-refractivity contribution in [3.05, 3.63) is 46.8 Å². The number of nitrogens with one attached hydrogen (secondary N) is 1. The fourth-order valence-electron chi connectivity index (χ4n) is 2.80. The van der Waals surface area contributed by atoms with Crippen LogP contribution in [0.15, 0.2) is 24.3 Å². The van der Waals surface area contributed by atoms with Gasteiger partial charge in [-0.3, -0.25) is 9.48 Å². The molecule has 0 atom stereocenters. The molecule has 0 fully saturated rings. The maximum absolute atomic E-state index is 12.3. The smallest absolute Gasteiger partial charge is 0.272 e. The van der Waals surface area contributed by atoms with Crippen LogP contribution in [0.4, 0.5) is 0 Å². The SMILES string of the molecule is COc1ccc(CNC(=O)c2nn(C)c3c2CCC3)cc1. The van der Waals surface area contributed by atoms with E-state index in [0.717, 1.165) is 36.1 Å². The Kier molecular flexibility index (Phi) is 3.64. The minimum absolute atomic E-state index is 0.0930. The fourth-order valence-corrected chi connectivity index (χ4v) is 2.80. The molecule has 0 bridgehead atoms. The van der Waals surface area contributed by atoms with Gasteiger partial charge in [0.15, 0.2) is 5.69 Å². The van der Waals surface area contributed by atoms with Gasteiger partial charge in [-0.2, -0.15) is 5.10 Å². The van der Waals surface area contributed by atoms with Crippen LogP contribution in [0.25, 0.3) is 0 Å². The van der Waals surface area contributed by atoms with Crippen molar-refractivity contribution in [2.45, 2.75) is 25.8 Å². The number of methoxy groups -OCH3 is 1. The third-order valence-electron chi connectivity index (χ3n) is 3.94. The van der Waals surface area contributed by atoms with E-state index in [0.29, 0.717) is 12.2 Å². The molecule has 21 heavy (non-hydrogen) atoms. The van der Waals surface area contributed by atoms with Crippen LogP contribution < -0.4 is 10.1 Å². The fraction of sp³-hybridized carbons (Fsp3) is 0.375. The normalized spacial score (nSPS) is 13.0. The van der Waals surface area contributed by atoms with E-state index in [2.05, 4.69) is 10.4 Å². The summed E-state index contributed by atoms with van der Waals surface area (Å²) < 4.78 is 6.96. The molecule has 1 aliphatic carbocycles. The summed E-state index contributed by atoms with van der Waals surface area (Å²) in [4.78, 5) is 12.3. The number of benzene rings is 1.